The van der Waals surface area contributed by atoms with E-state index in [9.17, 15) is 4.79 Å². The summed E-state index contributed by atoms with van der Waals surface area (Å²) in [7, 11) is 5.30. The number of aromatic nitrogens is 1. The van der Waals surface area contributed by atoms with E-state index in [1.807, 2.05) is 24.7 Å². The largest absolute Gasteiger partial charge is 0.414 e. The molecule has 2 rings (SSSR count). The molecule has 152 valence electrons. The summed E-state index contributed by atoms with van der Waals surface area (Å²) in [6.45, 7) is 5.04. The minimum Gasteiger partial charge on any atom is -0.403 e. The van der Waals surface area contributed by atoms with E-state index in [-0.39, 0.29) is 12.4 Å². The standard InChI is InChI=1S/C21H35N2O4/c1-6-7-8-9-10-11-12-19-25-14-17-13-23(5)16(2)20(18(17)15-26-19)27-21(24)22(3)4/h13,19H,6-12,14-15H2,1-5H3/q+1. The second kappa shape index (κ2) is 10.6. The number of fused-ring (bicyclic) bond motifs is 1. The highest BCUT2D eigenvalue weighted by Crippen LogP contribution is 2.30. The van der Waals surface area contributed by atoms with Gasteiger partial charge in [0.2, 0.25) is 11.4 Å². The quantitative estimate of drug-likeness (QED) is 0.506. The SMILES string of the molecule is CCCCCCCCC1OCc2c[n+](C)c(C)c(OC(=O)N(C)C)c2CO1. The fourth-order valence-electron chi connectivity index (χ4n) is 3.19. The maximum atomic E-state index is 12.1. The van der Waals surface area contributed by atoms with Gasteiger partial charge in [0.25, 0.3) is 0 Å². The van der Waals surface area contributed by atoms with Crippen LogP contribution in [0.3, 0.4) is 0 Å². The van der Waals surface area contributed by atoms with Crippen molar-refractivity contribution in [2.75, 3.05) is 14.1 Å². The lowest BCUT2D eigenvalue weighted by molar-refractivity contribution is -0.678. The number of nitrogens with zero attached hydrogens (tertiary/aromatic N) is 2. The number of hydrogen-bond acceptors (Lipinski definition) is 4. The van der Waals surface area contributed by atoms with E-state index >= 15 is 0 Å². The second-order valence-electron chi connectivity index (χ2n) is 7.53. The van der Waals surface area contributed by atoms with Gasteiger partial charge in [-0.05, 0) is 12.8 Å². The maximum Gasteiger partial charge on any atom is 0.414 e. The number of carbonyl (C=O) groups excluding carboxylic acids is 1. The molecule has 27 heavy (non-hydrogen) atoms. The maximum absolute atomic E-state index is 12.1. The number of pyridine rings is 1. The number of rotatable bonds is 8. The molecule has 0 spiro atoms. The lowest BCUT2D eigenvalue weighted by Crippen LogP contribution is -2.35. The van der Waals surface area contributed by atoms with E-state index in [4.69, 9.17) is 14.2 Å². The molecule has 1 aliphatic rings. The van der Waals surface area contributed by atoms with Gasteiger partial charge in [0.15, 0.2) is 12.5 Å². The lowest BCUT2D eigenvalue weighted by atomic mass is 10.1. The topological polar surface area (TPSA) is 51.9 Å². The molecule has 6 nitrogen and oxygen atoms in total. The Morgan fingerprint density at radius 1 is 1.19 bits per heavy atom. The average Bonchev–Trinajstić information content (AvgIpc) is 2.84. The summed E-state index contributed by atoms with van der Waals surface area (Å²) in [6, 6.07) is 0. The first kappa shape index (κ1) is 21.6. The molecule has 1 unspecified atom stereocenters. The molecule has 1 aromatic heterocycles. The molecule has 0 radical (unpaired) electrons. The number of amides is 1. The summed E-state index contributed by atoms with van der Waals surface area (Å²) < 4.78 is 19.6. The summed E-state index contributed by atoms with van der Waals surface area (Å²) in [5.74, 6) is 0.581. The van der Waals surface area contributed by atoms with Crippen molar-refractivity contribution in [3.05, 3.63) is 23.0 Å². The number of hydrogen-bond donors (Lipinski definition) is 0. The molecule has 1 aromatic rings. The van der Waals surface area contributed by atoms with Crippen molar-refractivity contribution in [2.45, 2.75) is 78.3 Å². The van der Waals surface area contributed by atoms with Crippen LogP contribution < -0.4 is 9.30 Å². The van der Waals surface area contributed by atoms with Crippen LogP contribution in [0.15, 0.2) is 6.20 Å². The molecule has 0 fully saturated rings. The summed E-state index contributed by atoms with van der Waals surface area (Å²) >= 11 is 0. The highest BCUT2D eigenvalue weighted by molar-refractivity contribution is 5.70. The van der Waals surface area contributed by atoms with Crippen LogP contribution in [0.1, 0.15) is 68.7 Å². The Bertz CT molecular complexity index is 631. The minimum atomic E-state index is -0.389. The van der Waals surface area contributed by atoms with Crippen molar-refractivity contribution in [3.8, 4) is 5.75 Å². The Balaban J connectivity index is 2.00. The molecule has 1 amide bonds. The Hall–Kier alpha value is -1.66. The normalized spacial score (nSPS) is 16.6. The predicted molar refractivity (Wildman–Crippen MR) is 103 cm³/mol. The Kier molecular flexibility index (Phi) is 8.51. The van der Waals surface area contributed by atoms with E-state index in [2.05, 4.69) is 6.92 Å². The monoisotopic (exact) mass is 379 g/mol. The van der Waals surface area contributed by atoms with Gasteiger partial charge < -0.3 is 19.1 Å². The zero-order chi connectivity index (χ0) is 19.8. The highest BCUT2D eigenvalue weighted by Gasteiger charge is 2.27. The van der Waals surface area contributed by atoms with Crippen LogP contribution in [0.4, 0.5) is 4.79 Å². The molecular weight excluding hydrogens is 344 g/mol. The Morgan fingerprint density at radius 3 is 2.56 bits per heavy atom. The van der Waals surface area contributed by atoms with Gasteiger partial charge >= 0.3 is 6.09 Å². The van der Waals surface area contributed by atoms with Crippen molar-refractivity contribution in [1.82, 2.24) is 4.90 Å². The van der Waals surface area contributed by atoms with Crippen LogP contribution in [0.5, 0.6) is 5.75 Å². The first-order chi connectivity index (χ1) is 12.9. The first-order valence-corrected chi connectivity index (χ1v) is 10.1. The van der Waals surface area contributed by atoms with Gasteiger partial charge in [0.1, 0.15) is 7.05 Å². The highest BCUT2D eigenvalue weighted by atomic mass is 16.7. The average molecular weight is 380 g/mol. The number of carbonyl (C=O) groups is 1. The smallest absolute Gasteiger partial charge is 0.403 e. The first-order valence-electron chi connectivity index (χ1n) is 10.1. The zero-order valence-electron chi connectivity index (χ0n) is 17.5. The Morgan fingerprint density at radius 2 is 1.85 bits per heavy atom. The number of unbranched alkanes of at least 4 members (excludes halogenated alkanes) is 5. The van der Waals surface area contributed by atoms with Crippen LogP contribution in [0, 0.1) is 6.92 Å². The summed E-state index contributed by atoms with van der Waals surface area (Å²) in [6.07, 6.45) is 9.85. The summed E-state index contributed by atoms with van der Waals surface area (Å²) in [5.41, 5.74) is 2.81. The third kappa shape index (κ3) is 6.18. The molecule has 0 N–H and O–H groups in total. The van der Waals surface area contributed by atoms with Crippen LogP contribution in [-0.2, 0) is 29.7 Å². The van der Waals surface area contributed by atoms with Gasteiger partial charge in [-0.1, -0.05) is 39.0 Å². The van der Waals surface area contributed by atoms with Crippen molar-refractivity contribution in [3.63, 3.8) is 0 Å². The molecule has 1 aliphatic heterocycles. The fraction of sp³-hybridized carbons (Fsp3) is 0.714. The van der Waals surface area contributed by atoms with Gasteiger partial charge in [-0.15, -0.1) is 0 Å². The third-order valence-corrected chi connectivity index (χ3v) is 5.06. The van der Waals surface area contributed by atoms with E-state index in [0.29, 0.717) is 19.0 Å². The van der Waals surface area contributed by atoms with Gasteiger partial charge in [-0.3, -0.25) is 0 Å². The molecular formula is C21H35N2O4+. The van der Waals surface area contributed by atoms with Crippen molar-refractivity contribution >= 4 is 6.09 Å². The van der Waals surface area contributed by atoms with Gasteiger partial charge in [0.05, 0.1) is 18.8 Å². The lowest BCUT2D eigenvalue weighted by Gasteiger charge is -2.16. The summed E-state index contributed by atoms with van der Waals surface area (Å²) in [4.78, 5) is 13.5. The van der Waals surface area contributed by atoms with Crippen LogP contribution in [-0.4, -0.2) is 31.4 Å². The van der Waals surface area contributed by atoms with Crippen molar-refractivity contribution in [1.29, 1.82) is 0 Å². The molecule has 1 atom stereocenters. The van der Waals surface area contributed by atoms with Crippen LogP contribution in [0.2, 0.25) is 0 Å². The molecule has 0 aromatic carbocycles. The number of aryl methyl sites for hydroxylation is 1. The molecule has 0 saturated heterocycles. The Labute approximate surface area is 163 Å². The fourth-order valence-corrected chi connectivity index (χ4v) is 3.19. The molecule has 2 heterocycles. The minimum absolute atomic E-state index is 0.202. The van der Waals surface area contributed by atoms with E-state index in [1.165, 1.54) is 37.0 Å². The van der Waals surface area contributed by atoms with Gasteiger partial charge in [0, 0.05) is 26.6 Å². The van der Waals surface area contributed by atoms with Gasteiger partial charge in [-0.2, -0.15) is 0 Å². The third-order valence-electron chi connectivity index (χ3n) is 5.06. The summed E-state index contributed by atoms with van der Waals surface area (Å²) in [5, 5.41) is 0. The van der Waals surface area contributed by atoms with Crippen molar-refractivity contribution < 1.29 is 23.6 Å². The van der Waals surface area contributed by atoms with Gasteiger partial charge in [-0.25, -0.2) is 9.36 Å². The van der Waals surface area contributed by atoms with Crippen LogP contribution >= 0.6 is 0 Å². The predicted octanol–water partition coefficient (Wildman–Crippen LogP) is 4.00. The zero-order valence-corrected chi connectivity index (χ0v) is 17.5. The van der Waals surface area contributed by atoms with Crippen LogP contribution in [0.25, 0.3) is 0 Å². The molecule has 0 aliphatic carbocycles. The molecule has 0 bridgehead atoms. The molecule has 0 saturated carbocycles. The van der Waals surface area contributed by atoms with E-state index < -0.39 is 0 Å². The number of ether oxygens (including phenoxy) is 3. The molecule has 6 heteroatoms. The van der Waals surface area contributed by atoms with E-state index in [0.717, 1.165) is 29.7 Å². The van der Waals surface area contributed by atoms with Crippen molar-refractivity contribution in [2.24, 2.45) is 7.05 Å². The van der Waals surface area contributed by atoms with E-state index in [1.54, 1.807) is 14.1 Å². The second-order valence-corrected chi connectivity index (χ2v) is 7.53.